The van der Waals surface area contributed by atoms with E-state index in [9.17, 15) is 14.0 Å². The van der Waals surface area contributed by atoms with Crippen LogP contribution in [0.4, 0.5) is 10.1 Å². The first kappa shape index (κ1) is 25.7. The van der Waals surface area contributed by atoms with Crippen LogP contribution in [0.2, 0.25) is 5.02 Å². The van der Waals surface area contributed by atoms with E-state index in [0.29, 0.717) is 33.8 Å². The van der Waals surface area contributed by atoms with Crippen LogP contribution < -0.4 is 10.6 Å². The number of hydrogen-bond acceptors (Lipinski definition) is 5. The molecular formula is C24H27ClFN5O2S. The number of carbonyl (C=O) groups is 2. The van der Waals surface area contributed by atoms with Gasteiger partial charge in [-0.2, -0.15) is 0 Å². The summed E-state index contributed by atoms with van der Waals surface area (Å²) in [5.74, 6) is -0.290. The highest BCUT2D eigenvalue weighted by Crippen LogP contribution is 2.26. The molecule has 1 heterocycles. The van der Waals surface area contributed by atoms with Gasteiger partial charge in [0.1, 0.15) is 5.82 Å². The molecule has 0 unspecified atom stereocenters. The zero-order chi connectivity index (χ0) is 24.8. The van der Waals surface area contributed by atoms with Gasteiger partial charge in [0, 0.05) is 12.2 Å². The fourth-order valence-electron chi connectivity index (χ4n) is 3.37. The highest BCUT2D eigenvalue weighted by Gasteiger charge is 2.26. The quantitative estimate of drug-likeness (QED) is 0.389. The number of anilines is 1. The first-order valence-electron chi connectivity index (χ1n) is 10.9. The molecular weight excluding hydrogens is 477 g/mol. The number of carbonyl (C=O) groups excluding carboxylic acids is 2. The molecule has 1 aromatic heterocycles. The Labute approximate surface area is 207 Å². The van der Waals surface area contributed by atoms with E-state index in [2.05, 4.69) is 20.8 Å². The van der Waals surface area contributed by atoms with Crippen molar-refractivity contribution < 1.29 is 14.0 Å². The first-order chi connectivity index (χ1) is 16.2. The molecule has 1 atom stereocenters. The van der Waals surface area contributed by atoms with Gasteiger partial charge in [-0.3, -0.25) is 9.59 Å². The number of aromatic nitrogens is 3. The van der Waals surface area contributed by atoms with E-state index in [4.69, 9.17) is 11.6 Å². The van der Waals surface area contributed by atoms with E-state index < -0.39 is 11.9 Å². The van der Waals surface area contributed by atoms with Gasteiger partial charge in [0.25, 0.3) is 5.91 Å². The van der Waals surface area contributed by atoms with Gasteiger partial charge >= 0.3 is 0 Å². The minimum Gasteiger partial charge on any atom is -0.342 e. The summed E-state index contributed by atoms with van der Waals surface area (Å²) in [6.07, 6.45) is 0. The Balaban J connectivity index is 1.73. The van der Waals surface area contributed by atoms with Crippen LogP contribution in [-0.4, -0.2) is 32.3 Å². The minimum atomic E-state index is -0.414. The largest absolute Gasteiger partial charge is 0.342 e. The van der Waals surface area contributed by atoms with Gasteiger partial charge in [-0.05, 0) is 49.6 Å². The molecule has 10 heteroatoms. The van der Waals surface area contributed by atoms with E-state index in [-0.39, 0.29) is 23.5 Å². The Kier molecular flexibility index (Phi) is 8.68. The maximum Gasteiger partial charge on any atom is 0.253 e. The average molecular weight is 504 g/mol. The Hall–Kier alpha value is -2.91. The lowest BCUT2D eigenvalue weighted by atomic mass is 10.0. The summed E-state index contributed by atoms with van der Waals surface area (Å²) in [4.78, 5) is 25.3. The summed E-state index contributed by atoms with van der Waals surface area (Å²) in [6.45, 7) is 8.26. The highest BCUT2D eigenvalue weighted by molar-refractivity contribution is 7.99. The number of nitrogens with zero attached hydrogens (tertiary/aromatic N) is 3. The third-order valence-electron chi connectivity index (χ3n) is 5.22. The van der Waals surface area contributed by atoms with Crippen molar-refractivity contribution in [1.29, 1.82) is 0 Å². The van der Waals surface area contributed by atoms with Gasteiger partial charge < -0.3 is 15.2 Å². The minimum absolute atomic E-state index is 0.0260. The molecule has 0 aliphatic rings. The molecule has 3 rings (SSSR count). The van der Waals surface area contributed by atoms with Crippen molar-refractivity contribution in [3.63, 3.8) is 0 Å². The van der Waals surface area contributed by atoms with Crippen LogP contribution >= 0.6 is 23.4 Å². The molecule has 0 radical (unpaired) electrons. The van der Waals surface area contributed by atoms with Crippen LogP contribution in [0.15, 0.2) is 47.6 Å². The molecule has 0 saturated carbocycles. The molecule has 0 bridgehead atoms. The lowest BCUT2D eigenvalue weighted by molar-refractivity contribution is -0.113. The zero-order valence-electron chi connectivity index (χ0n) is 19.4. The van der Waals surface area contributed by atoms with Crippen LogP contribution in [0, 0.1) is 18.7 Å². The number of thioether (sulfide) groups is 1. The predicted molar refractivity (Wildman–Crippen MR) is 133 cm³/mol. The monoisotopic (exact) mass is 503 g/mol. The van der Waals surface area contributed by atoms with Gasteiger partial charge in [-0.15, -0.1) is 10.2 Å². The van der Waals surface area contributed by atoms with E-state index in [0.717, 1.165) is 5.56 Å². The molecule has 180 valence electrons. The molecule has 2 amide bonds. The molecule has 0 fully saturated rings. The predicted octanol–water partition coefficient (Wildman–Crippen LogP) is 5.26. The third-order valence-corrected chi connectivity index (χ3v) is 6.51. The van der Waals surface area contributed by atoms with E-state index in [1.165, 1.54) is 23.9 Å². The van der Waals surface area contributed by atoms with Crippen molar-refractivity contribution in [1.82, 2.24) is 20.1 Å². The normalized spacial score (nSPS) is 12.0. The second kappa shape index (κ2) is 11.5. The van der Waals surface area contributed by atoms with Crippen LogP contribution in [0.1, 0.15) is 48.6 Å². The van der Waals surface area contributed by atoms with E-state index >= 15 is 0 Å². The number of nitrogens with one attached hydrogen (secondary N) is 2. The van der Waals surface area contributed by atoms with Crippen molar-refractivity contribution in [2.75, 3.05) is 11.1 Å². The topological polar surface area (TPSA) is 88.9 Å². The molecule has 0 aliphatic carbocycles. The number of halogens is 2. The van der Waals surface area contributed by atoms with Crippen LogP contribution in [-0.2, 0) is 11.3 Å². The summed E-state index contributed by atoms with van der Waals surface area (Å²) in [5.41, 5.74) is 1.59. The third kappa shape index (κ3) is 6.15. The van der Waals surface area contributed by atoms with Gasteiger partial charge in [-0.1, -0.05) is 55.4 Å². The van der Waals surface area contributed by atoms with Crippen LogP contribution in [0.25, 0.3) is 0 Å². The number of aryl methyl sites for hydroxylation is 1. The van der Waals surface area contributed by atoms with Crippen molar-refractivity contribution in [3.05, 3.63) is 70.3 Å². The Bertz CT molecular complexity index is 1180. The smallest absolute Gasteiger partial charge is 0.253 e. The highest BCUT2D eigenvalue weighted by atomic mass is 35.5. The molecule has 34 heavy (non-hydrogen) atoms. The van der Waals surface area contributed by atoms with E-state index in [1.54, 1.807) is 37.3 Å². The molecule has 2 aromatic carbocycles. The fraction of sp³-hybridized carbons (Fsp3) is 0.333. The summed E-state index contributed by atoms with van der Waals surface area (Å²) < 4.78 is 15.4. The fourth-order valence-corrected chi connectivity index (χ4v) is 4.40. The number of rotatable bonds is 9. The average Bonchev–Trinajstić information content (AvgIpc) is 3.21. The van der Waals surface area contributed by atoms with Gasteiger partial charge in [-0.25, -0.2) is 4.39 Å². The van der Waals surface area contributed by atoms with Crippen molar-refractivity contribution >= 4 is 40.9 Å². The molecule has 3 aromatic rings. The Morgan fingerprint density at radius 2 is 1.91 bits per heavy atom. The zero-order valence-corrected chi connectivity index (χ0v) is 21.0. The van der Waals surface area contributed by atoms with Crippen LogP contribution in [0.3, 0.4) is 0 Å². The van der Waals surface area contributed by atoms with Gasteiger partial charge in [0.15, 0.2) is 11.0 Å². The Morgan fingerprint density at radius 1 is 1.18 bits per heavy atom. The summed E-state index contributed by atoms with van der Waals surface area (Å²) in [5, 5.41) is 15.3. The molecule has 2 N–H and O–H groups in total. The Morgan fingerprint density at radius 3 is 2.59 bits per heavy atom. The standard InChI is InChI=1S/C24H27ClFN5O2S/c1-5-31-22(21(14(2)3)28-23(33)17-8-6-7-9-18(17)25)29-30-24(31)34-13-20(32)27-19-12-16(26)11-10-15(19)4/h6-12,14,21H,5,13H2,1-4H3,(H,27,32)(H,28,33)/t21-/m1/s1. The SMILES string of the molecule is CCn1c(SCC(=O)Nc2cc(F)ccc2C)nnc1[C@H](NC(=O)c1ccccc1Cl)C(C)C. The second-order valence-electron chi connectivity index (χ2n) is 8.06. The summed E-state index contributed by atoms with van der Waals surface area (Å²) in [7, 11) is 0. The van der Waals surface area contributed by atoms with Gasteiger partial charge in [0.05, 0.1) is 22.4 Å². The van der Waals surface area contributed by atoms with E-state index in [1.807, 2.05) is 25.3 Å². The number of benzene rings is 2. The summed E-state index contributed by atoms with van der Waals surface area (Å²) >= 11 is 7.41. The molecule has 0 saturated heterocycles. The summed E-state index contributed by atoms with van der Waals surface area (Å²) in [6, 6.07) is 10.7. The maximum absolute atomic E-state index is 13.5. The maximum atomic E-state index is 13.5. The second-order valence-corrected chi connectivity index (χ2v) is 9.41. The molecule has 0 aliphatic heterocycles. The van der Waals surface area contributed by atoms with Crippen molar-refractivity contribution in [2.45, 2.75) is 45.4 Å². The number of hydrogen-bond donors (Lipinski definition) is 2. The molecule has 0 spiro atoms. The lowest BCUT2D eigenvalue weighted by Crippen LogP contribution is -2.34. The van der Waals surface area contributed by atoms with Gasteiger partial charge in [0.2, 0.25) is 5.91 Å². The van der Waals surface area contributed by atoms with Crippen LogP contribution in [0.5, 0.6) is 0 Å². The first-order valence-corrected chi connectivity index (χ1v) is 12.2. The number of amides is 2. The lowest BCUT2D eigenvalue weighted by Gasteiger charge is -2.22. The molecule has 7 nitrogen and oxygen atoms in total. The van der Waals surface area contributed by atoms with Crippen molar-refractivity contribution in [3.8, 4) is 0 Å². The van der Waals surface area contributed by atoms with Crippen molar-refractivity contribution in [2.24, 2.45) is 5.92 Å².